The fourth-order valence-electron chi connectivity index (χ4n) is 1.08. The third kappa shape index (κ3) is 3.76. The first-order valence-corrected chi connectivity index (χ1v) is 6.08. The van der Waals surface area contributed by atoms with Gasteiger partial charge in [-0.15, -0.1) is 0 Å². The molecule has 0 unspecified atom stereocenters. The number of thioether (sulfide) groups is 1. The number of aromatic nitrogens is 1. The van der Waals surface area contributed by atoms with Gasteiger partial charge in [0, 0.05) is 6.20 Å². The van der Waals surface area contributed by atoms with E-state index >= 15 is 0 Å². The molecule has 0 aliphatic carbocycles. The van der Waals surface area contributed by atoms with Gasteiger partial charge in [0.05, 0.1) is 16.9 Å². The van der Waals surface area contributed by atoms with Crippen molar-refractivity contribution >= 4 is 17.7 Å². The molecule has 6 heteroatoms. The van der Waals surface area contributed by atoms with E-state index in [1.54, 1.807) is 19.1 Å². The summed E-state index contributed by atoms with van der Waals surface area (Å²) in [7, 11) is 0. The second-order valence-electron chi connectivity index (χ2n) is 3.42. The van der Waals surface area contributed by atoms with E-state index in [9.17, 15) is 4.79 Å². The molecule has 0 aliphatic rings. The van der Waals surface area contributed by atoms with E-state index in [1.165, 1.54) is 24.9 Å². The van der Waals surface area contributed by atoms with Crippen molar-refractivity contribution in [1.82, 2.24) is 4.98 Å². The number of carbonyl (C=O) groups excluding carboxylic acids is 1. The van der Waals surface area contributed by atoms with Gasteiger partial charge >= 0.3 is 5.97 Å². The van der Waals surface area contributed by atoms with Crippen LogP contribution >= 0.6 is 11.8 Å². The van der Waals surface area contributed by atoms with Crippen molar-refractivity contribution in [3.05, 3.63) is 23.9 Å². The number of ether oxygens (including phenoxy) is 1. The summed E-state index contributed by atoms with van der Waals surface area (Å²) in [5.74, 6) is -0.607. The van der Waals surface area contributed by atoms with Crippen LogP contribution in [0.3, 0.4) is 0 Å². The van der Waals surface area contributed by atoms with Crippen molar-refractivity contribution < 1.29 is 9.53 Å². The van der Waals surface area contributed by atoms with Crippen LogP contribution in [0.5, 0.6) is 0 Å². The summed E-state index contributed by atoms with van der Waals surface area (Å²) >= 11 is 1.18. The summed E-state index contributed by atoms with van der Waals surface area (Å²) in [5.41, 5.74) is 0.270. The van der Waals surface area contributed by atoms with Crippen LogP contribution < -0.4 is 0 Å². The zero-order valence-corrected chi connectivity index (χ0v) is 10.8. The monoisotopic (exact) mass is 261 g/mol. The maximum atomic E-state index is 11.8. The molecule has 1 heterocycles. The average molecular weight is 261 g/mol. The predicted octanol–water partition coefficient (Wildman–Crippen LogP) is 2.15. The number of rotatable bonds is 4. The van der Waals surface area contributed by atoms with Gasteiger partial charge in [0.2, 0.25) is 0 Å². The van der Waals surface area contributed by atoms with E-state index in [2.05, 4.69) is 11.1 Å². The Balaban J connectivity index is 2.92. The quantitative estimate of drug-likeness (QED) is 0.609. The van der Waals surface area contributed by atoms with Crippen molar-refractivity contribution in [2.45, 2.75) is 30.2 Å². The van der Waals surface area contributed by atoms with Crippen molar-refractivity contribution in [2.24, 2.45) is 0 Å². The van der Waals surface area contributed by atoms with E-state index in [1.807, 2.05) is 6.07 Å². The molecule has 0 saturated heterocycles. The maximum Gasteiger partial charge on any atom is 0.342 e. The fourth-order valence-corrected chi connectivity index (χ4v) is 1.87. The first kappa shape index (κ1) is 14.0. The number of nitrogens with zero attached hydrogens (tertiary/aromatic N) is 3. The molecule has 0 aromatic carbocycles. The third-order valence-corrected chi connectivity index (χ3v) is 2.93. The van der Waals surface area contributed by atoms with Gasteiger partial charge in [0.15, 0.2) is 6.10 Å². The van der Waals surface area contributed by atoms with E-state index in [4.69, 9.17) is 15.3 Å². The molecule has 0 spiro atoms. The highest BCUT2D eigenvalue weighted by atomic mass is 32.2. The van der Waals surface area contributed by atoms with Crippen LogP contribution in [-0.2, 0) is 4.74 Å². The average Bonchev–Trinajstić information content (AvgIpc) is 2.38. The lowest BCUT2D eigenvalue weighted by Gasteiger charge is -2.09. The molecule has 5 nitrogen and oxygen atoms in total. The number of hydrogen-bond acceptors (Lipinski definition) is 6. The highest BCUT2D eigenvalue weighted by molar-refractivity contribution is 8.00. The molecule has 18 heavy (non-hydrogen) atoms. The molecule has 0 radical (unpaired) electrons. The minimum absolute atomic E-state index is 0.270. The van der Waals surface area contributed by atoms with Crippen LogP contribution in [0.25, 0.3) is 0 Å². The fraction of sp³-hybridized carbons (Fsp3) is 0.333. The topological polar surface area (TPSA) is 86.8 Å². The van der Waals surface area contributed by atoms with E-state index in [-0.39, 0.29) is 10.8 Å². The summed E-state index contributed by atoms with van der Waals surface area (Å²) in [4.78, 5) is 15.8. The molecule has 0 aliphatic heterocycles. The van der Waals surface area contributed by atoms with Crippen LogP contribution in [0.2, 0.25) is 0 Å². The highest BCUT2D eigenvalue weighted by Crippen LogP contribution is 2.24. The molecule has 0 N–H and O–H groups in total. The Labute approximate surface area is 109 Å². The number of carbonyl (C=O) groups is 1. The van der Waals surface area contributed by atoms with Crippen molar-refractivity contribution in [3.63, 3.8) is 0 Å². The van der Waals surface area contributed by atoms with Gasteiger partial charge in [-0.25, -0.2) is 9.78 Å². The van der Waals surface area contributed by atoms with Crippen LogP contribution in [0.4, 0.5) is 0 Å². The second kappa shape index (κ2) is 6.63. The molecule has 92 valence electrons. The Morgan fingerprint density at radius 3 is 2.78 bits per heavy atom. The lowest BCUT2D eigenvalue weighted by atomic mass is 10.3. The van der Waals surface area contributed by atoms with Crippen molar-refractivity contribution in [3.8, 4) is 12.1 Å². The van der Waals surface area contributed by atoms with Gasteiger partial charge < -0.3 is 4.74 Å². The Morgan fingerprint density at radius 1 is 1.44 bits per heavy atom. The number of esters is 1. The van der Waals surface area contributed by atoms with Crippen LogP contribution in [0, 0.1) is 22.7 Å². The summed E-state index contributed by atoms with van der Waals surface area (Å²) in [6.45, 7) is 3.20. The minimum Gasteiger partial charge on any atom is -0.444 e. The van der Waals surface area contributed by atoms with E-state index < -0.39 is 12.1 Å². The van der Waals surface area contributed by atoms with Crippen LogP contribution in [0.1, 0.15) is 24.2 Å². The van der Waals surface area contributed by atoms with Gasteiger partial charge in [-0.2, -0.15) is 10.5 Å². The van der Waals surface area contributed by atoms with Gasteiger partial charge in [-0.1, -0.05) is 11.8 Å². The molecular weight excluding hydrogens is 250 g/mol. The van der Waals surface area contributed by atoms with E-state index in [0.717, 1.165) is 0 Å². The molecule has 2 atom stereocenters. The lowest BCUT2D eigenvalue weighted by molar-refractivity contribution is 0.0430. The summed E-state index contributed by atoms with van der Waals surface area (Å²) in [5, 5.41) is 17.5. The Hall–Kier alpha value is -2.05. The van der Waals surface area contributed by atoms with Crippen LogP contribution in [-0.4, -0.2) is 22.3 Å². The lowest BCUT2D eigenvalue weighted by Crippen LogP contribution is -2.14. The maximum absolute atomic E-state index is 11.8. The highest BCUT2D eigenvalue weighted by Gasteiger charge is 2.18. The predicted molar refractivity (Wildman–Crippen MR) is 65.7 cm³/mol. The molecular formula is C12H11N3O2S. The molecule has 1 aromatic rings. The summed E-state index contributed by atoms with van der Waals surface area (Å²) < 4.78 is 4.91. The van der Waals surface area contributed by atoms with E-state index in [0.29, 0.717) is 5.03 Å². The zero-order chi connectivity index (χ0) is 13.5. The molecule has 0 amide bonds. The molecule has 0 fully saturated rings. The molecule has 1 rings (SSSR count). The second-order valence-corrected chi connectivity index (χ2v) is 4.75. The van der Waals surface area contributed by atoms with Gasteiger partial charge in [-0.3, -0.25) is 0 Å². The number of pyridine rings is 1. The Kier molecular flexibility index (Phi) is 5.16. The first-order valence-electron chi connectivity index (χ1n) is 5.20. The largest absolute Gasteiger partial charge is 0.444 e. The molecule has 1 aromatic heterocycles. The third-order valence-electron chi connectivity index (χ3n) is 1.93. The molecule has 0 saturated carbocycles. The standard InChI is InChI=1S/C12H11N3O2S/c1-8(6-13)17-12(16)10-4-3-5-15-11(10)18-9(2)7-14/h3-5,8-9H,1-2H3/t8-,9+/m0/s1. The summed E-state index contributed by atoms with van der Waals surface area (Å²) in [6.07, 6.45) is 0.723. The van der Waals surface area contributed by atoms with Gasteiger partial charge in [-0.05, 0) is 26.0 Å². The van der Waals surface area contributed by atoms with Crippen molar-refractivity contribution in [2.75, 3.05) is 0 Å². The van der Waals surface area contributed by atoms with Crippen LogP contribution in [0.15, 0.2) is 23.4 Å². The smallest absolute Gasteiger partial charge is 0.342 e. The molecule has 0 bridgehead atoms. The van der Waals surface area contributed by atoms with Gasteiger partial charge in [0.25, 0.3) is 0 Å². The Morgan fingerprint density at radius 2 is 2.17 bits per heavy atom. The minimum atomic E-state index is -0.816. The zero-order valence-electron chi connectivity index (χ0n) is 9.95. The first-order chi connectivity index (χ1) is 8.58. The van der Waals surface area contributed by atoms with Gasteiger partial charge in [0.1, 0.15) is 11.1 Å². The normalized spacial score (nSPS) is 12.9. The van der Waals surface area contributed by atoms with Crippen molar-refractivity contribution in [1.29, 1.82) is 10.5 Å². The number of nitriles is 2. The SMILES string of the molecule is C[C@H](C#N)Sc1ncccc1C(=O)O[C@@H](C)C#N. The summed E-state index contributed by atoms with van der Waals surface area (Å²) in [6, 6.07) is 7.03. The number of hydrogen-bond donors (Lipinski definition) is 0. The Bertz CT molecular complexity index is 519.